The van der Waals surface area contributed by atoms with E-state index in [0.717, 1.165) is 5.56 Å². The zero-order valence-corrected chi connectivity index (χ0v) is 15.6. The highest BCUT2D eigenvalue weighted by molar-refractivity contribution is 6.01. The number of carbonyl (C=O) groups excluding carboxylic acids is 4. The SMILES string of the molecule is O=C(CNC(=O)OCC1c2ccccc2C2C=CC=CC21)ON1C(=O)CCC1=O. The molecule has 4 rings (SSSR count). The molecule has 3 amide bonds. The van der Waals surface area contributed by atoms with Gasteiger partial charge in [0, 0.05) is 24.7 Å². The number of nitrogens with zero attached hydrogens (tertiary/aromatic N) is 1. The van der Waals surface area contributed by atoms with E-state index >= 15 is 0 Å². The van der Waals surface area contributed by atoms with E-state index in [-0.39, 0.29) is 37.2 Å². The molecule has 1 aromatic rings. The molecule has 3 atom stereocenters. The molecule has 1 N–H and O–H groups in total. The van der Waals surface area contributed by atoms with Gasteiger partial charge in [0.15, 0.2) is 0 Å². The van der Waals surface area contributed by atoms with Crippen LogP contribution in [0.2, 0.25) is 0 Å². The van der Waals surface area contributed by atoms with E-state index in [1.54, 1.807) is 0 Å². The van der Waals surface area contributed by atoms with Crippen molar-refractivity contribution in [2.24, 2.45) is 5.92 Å². The van der Waals surface area contributed by atoms with Crippen LogP contribution in [0, 0.1) is 5.92 Å². The van der Waals surface area contributed by atoms with Crippen LogP contribution in [0.1, 0.15) is 35.8 Å². The summed E-state index contributed by atoms with van der Waals surface area (Å²) >= 11 is 0. The molecular weight excluding hydrogens is 376 g/mol. The molecule has 1 aromatic carbocycles. The first-order valence-corrected chi connectivity index (χ1v) is 9.45. The van der Waals surface area contributed by atoms with E-state index in [1.165, 1.54) is 5.56 Å². The Labute approximate surface area is 167 Å². The monoisotopic (exact) mass is 396 g/mol. The maximum Gasteiger partial charge on any atom is 0.407 e. The number of imide groups is 1. The van der Waals surface area contributed by atoms with Crippen molar-refractivity contribution in [2.75, 3.05) is 13.2 Å². The Kier molecular flexibility index (Phi) is 5.16. The molecule has 1 fully saturated rings. The molecule has 2 aliphatic carbocycles. The molecule has 1 heterocycles. The third-order valence-corrected chi connectivity index (χ3v) is 5.37. The Morgan fingerprint density at radius 2 is 1.72 bits per heavy atom. The fourth-order valence-corrected chi connectivity index (χ4v) is 4.03. The lowest BCUT2D eigenvalue weighted by atomic mass is 9.84. The van der Waals surface area contributed by atoms with E-state index in [9.17, 15) is 19.2 Å². The molecule has 0 radical (unpaired) electrons. The van der Waals surface area contributed by atoms with Gasteiger partial charge in [-0.1, -0.05) is 48.6 Å². The number of benzene rings is 1. The fraction of sp³-hybridized carbons (Fsp3) is 0.333. The number of hydrogen-bond donors (Lipinski definition) is 1. The average Bonchev–Trinajstić information content (AvgIpc) is 3.22. The van der Waals surface area contributed by atoms with Crippen LogP contribution < -0.4 is 5.32 Å². The first-order valence-electron chi connectivity index (χ1n) is 9.45. The number of ether oxygens (including phenoxy) is 1. The van der Waals surface area contributed by atoms with Crippen molar-refractivity contribution in [1.29, 1.82) is 0 Å². The highest BCUT2D eigenvalue weighted by atomic mass is 16.7. The Hall–Kier alpha value is -3.42. The smallest absolute Gasteiger partial charge is 0.407 e. The van der Waals surface area contributed by atoms with Crippen LogP contribution in [0.4, 0.5) is 4.79 Å². The van der Waals surface area contributed by atoms with Gasteiger partial charge in [0.05, 0.1) is 0 Å². The molecule has 8 nitrogen and oxygen atoms in total. The van der Waals surface area contributed by atoms with Gasteiger partial charge in [0.25, 0.3) is 11.8 Å². The lowest BCUT2D eigenvalue weighted by Gasteiger charge is -2.22. The predicted octanol–water partition coefficient (Wildman–Crippen LogP) is 1.94. The minimum Gasteiger partial charge on any atom is -0.449 e. The summed E-state index contributed by atoms with van der Waals surface area (Å²) < 4.78 is 5.33. The third kappa shape index (κ3) is 3.78. The predicted molar refractivity (Wildman–Crippen MR) is 100 cm³/mol. The number of carbonyl (C=O) groups is 4. The minimum atomic E-state index is -0.919. The standard InChI is InChI=1S/C21H20N2O6/c24-18-9-10-19(25)23(18)29-20(26)11-22-21(27)28-12-17-15-7-3-1-5-13(15)14-6-2-4-8-16(14)17/h1-8,13,15,17H,9-12H2,(H,22,27). The summed E-state index contributed by atoms with van der Waals surface area (Å²) in [5, 5.41) is 2.73. The van der Waals surface area contributed by atoms with Crippen molar-refractivity contribution in [2.45, 2.75) is 24.7 Å². The summed E-state index contributed by atoms with van der Waals surface area (Å²) in [6, 6.07) is 8.10. The van der Waals surface area contributed by atoms with Crippen molar-refractivity contribution >= 4 is 23.9 Å². The van der Waals surface area contributed by atoms with E-state index in [1.807, 2.05) is 30.4 Å². The molecule has 3 aliphatic rings. The molecule has 3 unspecified atom stereocenters. The molecule has 1 aliphatic heterocycles. The summed E-state index contributed by atoms with van der Waals surface area (Å²) in [5.41, 5.74) is 2.38. The fourth-order valence-electron chi connectivity index (χ4n) is 4.03. The molecule has 29 heavy (non-hydrogen) atoms. The summed E-state index contributed by atoms with van der Waals surface area (Å²) in [4.78, 5) is 51.3. The minimum absolute atomic E-state index is 0.0102. The first kappa shape index (κ1) is 18.9. The van der Waals surface area contributed by atoms with Crippen LogP contribution in [-0.4, -0.2) is 42.1 Å². The normalized spacial score (nSPS) is 24.3. The highest BCUT2D eigenvalue weighted by Gasteiger charge is 2.39. The number of hydrogen-bond acceptors (Lipinski definition) is 6. The third-order valence-electron chi connectivity index (χ3n) is 5.37. The zero-order chi connectivity index (χ0) is 20.4. The Balaban J connectivity index is 1.29. The zero-order valence-electron chi connectivity index (χ0n) is 15.6. The van der Waals surface area contributed by atoms with E-state index in [4.69, 9.17) is 4.74 Å². The summed E-state index contributed by atoms with van der Waals surface area (Å²) in [6.07, 6.45) is 7.55. The second-order valence-electron chi connectivity index (χ2n) is 7.11. The number of alkyl carbamates (subject to hydrolysis) is 1. The van der Waals surface area contributed by atoms with Gasteiger partial charge in [-0.2, -0.15) is 0 Å². The van der Waals surface area contributed by atoms with Crippen LogP contribution >= 0.6 is 0 Å². The number of fused-ring (bicyclic) bond motifs is 3. The summed E-state index contributed by atoms with van der Waals surface area (Å²) in [5.74, 6) is -1.57. The number of hydroxylamine groups is 2. The highest BCUT2D eigenvalue weighted by Crippen LogP contribution is 2.49. The van der Waals surface area contributed by atoms with Crippen molar-refractivity contribution in [1.82, 2.24) is 10.4 Å². The lowest BCUT2D eigenvalue weighted by molar-refractivity contribution is -0.196. The second-order valence-corrected chi connectivity index (χ2v) is 7.11. The Morgan fingerprint density at radius 1 is 1.03 bits per heavy atom. The van der Waals surface area contributed by atoms with Gasteiger partial charge in [0.2, 0.25) is 0 Å². The van der Waals surface area contributed by atoms with Crippen LogP contribution in [0.15, 0.2) is 48.6 Å². The van der Waals surface area contributed by atoms with Crippen molar-refractivity contribution in [3.05, 3.63) is 59.7 Å². The number of rotatable bonds is 5. The Bertz CT molecular complexity index is 906. The average molecular weight is 396 g/mol. The van der Waals surface area contributed by atoms with Gasteiger partial charge in [-0.3, -0.25) is 9.59 Å². The van der Waals surface area contributed by atoms with Gasteiger partial charge >= 0.3 is 12.1 Å². The van der Waals surface area contributed by atoms with Crippen LogP contribution in [0.3, 0.4) is 0 Å². The Morgan fingerprint density at radius 3 is 2.48 bits per heavy atom. The van der Waals surface area contributed by atoms with Gasteiger partial charge in [-0.15, -0.1) is 5.06 Å². The number of amides is 3. The molecular formula is C21H20N2O6. The van der Waals surface area contributed by atoms with Gasteiger partial charge < -0.3 is 14.9 Å². The molecule has 0 saturated carbocycles. The molecule has 1 saturated heterocycles. The van der Waals surface area contributed by atoms with Gasteiger partial charge in [-0.25, -0.2) is 9.59 Å². The molecule has 150 valence electrons. The van der Waals surface area contributed by atoms with Gasteiger partial charge in [0.1, 0.15) is 13.2 Å². The van der Waals surface area contributed by atoms with E-state index in [0.29, 0.717) is 5.06 Å². The summed E-state index contributed by atoms with van der Waals surface area (Å²) in [7, 11) is 0. The molecule has 0 bridgehead atoms. The van der Waals surface area contributed by atoms with Gasteiger partial charge in [-0.05, 0) is 17.0 Å². The second kappa shape index (κ2) is 7.90. The maximum absolute atomic E-state index is 12.0. The molecule has 0 spiro atoms. The number of nitrogens with one attached hydrogen (secondary N) is 1. The quantitative estimate of drug-likeness (QED) is 0.764. The van der Waals surface area contributed by atoms with Crippen LogP contribution in [0.5, 0.6) is 0 Å². The van der Waals surface area contributed by atoms with Crippen molar-refractivity contribution in [3.8, 4) is 0 Å². The first-order chi connectivity index (χ1) is 14.0. The molecule has 0 aromatic heterocycles. The van der Waals surface area contributed by atoms with E-state index < -0.39 is 30.4 Å². The largest absolute Gasteiger partial charge is 0.449 e. The van der Waals surface area contributed by atoms with Crippen molar-refractivity contribution < 1.29 is 28.8 Å². The van der Waals surface area contributed by atoms with Crippen LogP contribution in [-0.2, 0) is 24.0 Å². The van der Waals surface area contributed by atoms with E-state index in [2.05, 4.69) is 28.4 Å². The number of allylic oxidation sites excluding steroid dienone is 4. The topological polar surface area (TPSA) is 102 Å². The van der Waals surface area contributed by atoms with Crippen LogP contribution in [0.25, 0.3) is 0 Å². The molecule has 8 heteroatoms. The maximum atomic E-state index is 12.0. The summed E-state index contributed by atoms with van der Waals surface area (Å²) in [6.45, 7) is -0.341. The van der Waals surface area contributed by atoms with Crippen molar-refractivity contribution in [3.63, 3.8) is 0 Å². The lowest BCUT2D eigenvalue weighted by Crippen LogP contribution is -2.38.